The van der Waals surface area contributed by atoms with Gasteiger partial charge in [0.1, 0.15) is 5.01 Å². The molecule has 4 rings (SSSR count). The van der Waals surface area contributed by atoms with Gasteiger partial charge in [0.25, 0.3) is 0 Å². The predicted molar refractivity (Wildman–Crippen MR) is 115 cm³/mol. The van der Waals surface area contributed by atoms with Gasteiger partial charge in [0.2, 0.25) is 4.80 Å². The summed E-state index contributed by atoms with van der Waals surface area (Å²) in [6.07, 6.45) is 3.20. The summed E-state index contributed by atoms with van der Waals surface area (Å²) in [5.41, 5.74) is 3.79. The number of benzene rings is 2. The van der Waals surface area contributed by atoms with Gasteiger partial charge in [-0.05, 0) is 55.5 Å². The Labute approximate surface area is 179 Å². The Morgan fingerprint density at radius 2 is 1.73 bits per heavy atom. The van der Waals surface area contributed by atoms with Gasteiger partial charge in [0.05, 0.1) is 35.4 Å². The summed E-state index contributed by atoms with van der Waals surface area (Å²) in [5, 5.41) is 33.7. The molecule has 0 spiro atoms. The minimum Gasteiger partial charge on any atom is -0.393 e. The first kappa shape index (κ1) is 20.0. The zero-order valence-electron chi connectivity index (χ0n) is 16.6. The van der Waals surface area contributed by atoms with Crippen LogP contribution in [0.1, 0.15) is 36.8 Å². The second-order valence-corrected chi connectivity index (χ2v) is 8.42. The topological polar surface area (TPSA) is 98.0 Å². The van der Waals surface area contributed by atoms with Crippen molar-refractivity contribution in [3.05, 3.63) is 58.4 Å². The fourth-order valence-electron chi connectivity index (χ4n) is 3.66. The molecule has 3 aromatic rings. The Bertz CT molecular complexity index is 1200. The highest BCUT2D eigenvalue weighted by Gasteiger charge is 2.19. The zero-order chi connectivity index (χ0) is 21.1. The van der Waals surface area contributed by atoms with Crippen molar-refractivity contribution < 1.29 is 5.11 Å². The average molecular weight is 416 g/mol. The van der Waals surface area contributed by atoms with E-state index in [1.54, 1.807) is 16.8 Å². The molecule has 1 N–H and O–H groups in total. The highest BCUT2D eigenvalue weighted by atomic mass is 32.1. The fraction of sp³-hybridized carbons (Fsp3) is 0.304. The minimum absolute atomic E-state index is 0.193. The summed E-state index contributed by atoms with van der Waals surface area (Å²) >= 11 is 1.53. The molecule has 0 saturated heterocycles. The molecule has 6 nitrogen and oxygen atoms in total. The molecule has 0 bridgehead atoms. The Morgan fingerprint density at radius 1 is 1.03 bits per heavy atom. The van der Waals surface area contributed by atoms with E-state index in [9.17, 15) is 10.4 Å². The third-order valence-electron chi connectivity index (χ3n) is 5.38. The van der Waals surface area contributed by atoms with Crippen LogP contribution in [-0.2, 0) is 7.05 Å². The minimum atomic E-state index is -0.193. The van der Waals surface area contributed by atoms with Crippen molar-refractivity contribution in [2.24, 2.45) is 12.0 Å². The van der Waals surface area contributed by atoms with Crippen LogP contribution in [0, 0.1) is 22.7 Å². The molecule has 0 radical (unpaired) electrons. The summed E-state index contributed by atoms with van der Waals surface area (Å²) in [6, 6.07) is 17.5. The third kappa shape index (κ3) is 4.18. The maximum Gasteiger partial charge on any atom is 0.203 e. The monoisotopic (exact) mass is 415 g/mol. The maximum atomic E-state index is 9.70. The van der Waals surface area contributed by atoms with Crippen LogP contribution in [-0.4, -0.2) is 27.0 Å². The summed E-state index contributed by atoms with van der Waals surface area (Å²) in [4.78, 5) is 5.71. The summed E-state index contributed by atoms with van der Waals surface area (Å²) in [6.45, 7) is 0. The summed E-state index contributed by atoms with van der Waals surface area (Å²) < 4.78 is 1.80. The molecule has 1 heterocycles. The van der Waals surface area contributed by atoms with Gasteiger partial charge in [-0.15, -0.1) is 0 Å². The lowest BCUT2D eigenvalue weighted by molar-refractivity contribution is 0.123. The van der Waals surface area contributed by atoms with E-state index in [2.05, 4.69) is 17.2 Å². The molecule has 1 saturated carbocycles. The van der Waals surface area contributed by atoms with Gasteiger partial charge in [0, 0.05) is 18.2 Å². The van der Waals surface area contributed by atoms with Crippen molar-refractivity contribution in [3.8, 4) is 33.8 Å². The van der Waals surface area contributed by atoms with Crippen LogP contribution in [0.4, 0.5) is 0 Å². The first-order valence-electron chi connectivity index (χ1n) is 9.88. The highest BCUT2D eigenvalue weighted by molar-refractivity contribution is 7.12. The van der Waals surface area contributed by atoms with E-state index < -0.39 is 0 Å². The number of nitriles is 2. The van der Waals surface area contributed by atoms with Crippen LogP contribution in [0.25, 0.3) is 21.7 Å². The van der Waals surface area contributed by atoms with Gasteiger partial charge in [-0.25, -0.2) is 4.68 Å². The molecule has 30 heavy (non-hydrogen) atoms. The number of rotatable bonds is 3. The summed E-state index contributed by atoms with van der Waals surface area (Å²) in [7, 11) is 1.89. The van der Waals surface area contributed by atoms with E-state index in [1.807, 2.05) is 37.4 Å². The Balaban J connectivity index is 1.69. The first-order chi connectivity index (χ1) is 14.6. The van der Waals surface area contributed by atoms with Crippen molar-refractivity contribution in [1.82, 2.24) is 9.78 Å². The maximum absolute atomic E-state index is 9.70. The van der Waals surface area contributed by atoms with Crippen LogP contribution < -0.4 is 4.80 Å². The largest absolute Gasteiger partial charge is 0.393 e. The van der Waals surface area contributed by atoms with Gasteiger partial charge >= 0.3 is 0 Å². The summed E-state index contributed by atoms with van der Waals surface area (Å²) in [5.74, 6) is 0. The molecular formula is C23H21N5OS. The van der Waals surface area contributed by atoms with Crippen LogP contribution in [0.3, 0.4) is 0 Å². The van der Waals surface area contributed by atoms with E-state index in [0.717, 1.165) is 52.2 Å². The van der Waals surface area contributed by atoms with E-state index in [-0.39, 0.29) is 12.1 Å². The third-order valence-corrected chi connectivity index (χ3v) is 6.44. The number of nitrogens with zero attached hydrogens (tertiary/aromatic N) is 5. The smallest absolute Gasteiger partial charge is 0.203 e. The second-order valence-electron chi connectivity index (χ2n) is 7.47. The number of hydrogen-bond donors (Lipinski definition) is 1. The second kappa shape index (κ2) is 8.62. The quantitative estimate of drug-likeness (QED) is 0.704. The molecule has 0 amide bonds. The standard InChI is InChI=1S/C23H21N5OS/c1-28-23(26-19-8-10-20(29)11-9-19)30-22(27-28)17-6-7-18(14-25)21(12-17)16-4-2-15(13-24)3-5-16/h2-7,12,19-20,29H,8-11H2,1H3. The Morgan fingerprint density at radius 3 is 2.40 bits per heavy atom. The van der Waals surface area contributed by atoms with E-state index in [4.69, 9.17) is 10.3 Å². The molecule has 0 atom stereocenters. The Kier molecular flexibility index (Phi) is 5.76. The van der Waals surface area contributed by atoms with Crippen molar-refractivity contribution in [1.29, 1.82) is 10.5 Å². The molecule has 1 aliphatic rings. The Hall–Kier alpha value is -3.26. The fourth-order valence-corrected chi connectivity index (χ4v) is 4.62. The highest BCUT2D eigenvalue weighted by Crippen LogP contribution is 2.30. The molecule has 150 valence electrons. The number of aromatic nitrogens is 2. The van der Waals surface area contributed by atoms with Crippen molar-refractivity contribution in [2.45, 2.75) is 37.8 Å². The number of aryl methyl sites for hydroxylation is 1. The SMILES string of the molecule is Cn1nc(-c2ccc(C#N)c(-c3ccc(C#N)cc3)c2)sc1=NC1CCC(O)CC1. The predicted octanol–water partition coefficient (Wildman–Crippen LogP) is 3.76. The molecule has 0 unspecified atom stereocenters. The molecular weight excluding hydrogens is 394 g/mol. The molecule has 0 aliphatic heterocycles. The first-order valence-corrected chi connectivity index (χ1v) is 10.7. The zero-order valence-corrected chi connectivity index (χ0v) is 17.4. The van der Waals surface area contributed by atoms with Crippen LogP contribution >= 0.6 is 11.3 Å². The normalized spacial score (nSPS) is 19.3. The number of hydrogen-bond acceptors (Lipinski definition) is 6. The molecule has 1 aromatic heterocycles. The van der Waals surface area contributed by atoms with Crippen molar-refractivity contribution in [3.63, 3.8) is 0 Å². The van der Waals surface area contributed by atoms with Gasteiger partial charge in [-0.1, -0.05) is 29.5 Å². The van der Waals surface area contributed by atoms with E-state index >= 15 is 0 Å². The average Bonchev–Trinajstić information content (AvgIpc) is 3.15. The number of aliphatic hydroxyl groups is 1. The lowest BCUT2D eigenvalue weighted by Crippen LogP contribution is -2.24. The molecule has 1 fully saturated rings. The van der Waals surface area contributed by atoms with Gasteiger partial charge in [0.15, 0.2) is 0 Å². The molecule has 1 aliphatic carbocycles. The lowest BCUT2D eigenvalue weighted by Gasteiger charge is -2.21. The molecule has 7 heteroatoms. The van der Waals surface area contributed by atoms with Gasteiger partial charge in [-0.3, -0.25) is 4.99 Å². The molecule has 2 aromatic carbocycles. The van der Waals surface area contributed by atoms with Gasteiger partial charge in [-0.2, -0.15) is 15.6 Å². The van der Waals surface area contributed by atoms with E-state index in [1.165, 1.54) is 11.3 Å². The van der Waals surface area contributed by atoms with Crippen molar-refractivity contribution >= 4 is 11.3 Å². The van der Waals surface area contributed by atoms with Crippen LogP contribution in [0.2, 0.25) is 0 Å². The van der Waals surface area contributed by atoms with E-state index in [0.29, 0.717) is 11.1 Å². The van der Waals surface area contributed by atoms with Crippen molar-refractivity contribution in [2.75, 3.05) is 0 Å². The van der Waals surface area contributed by atoms with Crippen LogP contribution in [0.15, 0.2) is 47.5 Å². The van der Waals surface area contributed by atoms with Gasteiger partial charge < -0.3 is 5.11 Å². The van der Waals surface area contributed by atoms with Crippen LogP contribution in [0.5, 0.6) is 0 Å². The number of aliphatic hydroxyl groups excluding tert-OH is 1. The lowest BCUT2D eigenvalue weighted by atomic mass is 9.94.